The number of likely N-dealkylation sites (N-methyl/N-ethyl adjacent to an activating group) is 1. The summed E-state index contributed by atoms with van der Waals surface area (Å²) in [6.07, 6.45) is 3.93. The highest BCUT2D eigenvalue weighted by Gasteiger charge is 2.48. The molecule has 0 radical (unpaired) electrons. The first-order valence-electron chi connectivity index (χ1n) is 7.51. The number of nitrogens with zero attached hydrogens (tertiary/aromatic N) is 3. The maximum Gasteiger partial charge on any atom is 0.243 e. The van der Waals surface area contributed by atoms with Crippen LogP contribution in [-0.2, 0) is 20.9 Å². The van der Waals surface area contributed by atoms with Gasteiger partial charge in [-0.2, -0.15) is 5.10 Å². The molecular formula is C15H20N4O3. The number of nitrogens with one attached hydrogen (secondary N) is 1. The molecule has 0 unspecified atom stereocenters. The summed E-state index contributed by atoms with van der Waals surface area (Å²) >= 11 is 0. The molecule has 1 heterocycles. The van der Waals surface area contributed by atoms with E-state index in [0.717, 1.165) is 12.8 Å². The number of hydrogen-bond acceptors (Lipinski definition) is 4. The first kappa shape index (κ1) is 14.7. The smallest absolute Gasteiger partial charge is 0.243 e. The Kier molecular flexibility index (Phi) is 3.72. The van der Waals surface area contributed by atoms with Gasteiger partial charge in [0.2, 0.25) is 11.8 Å². The van der Waals surface area contributed by atoms with E-state index in [2.05, 4.69) is 10.4 Å². The third-order valence-corrected chi connectivity index (χ3v) is 4.59. The molecule has 118 valence electrons. The number of fused-ring (bicyclic) bond motifs is 2. The summed E-state index contributed by atoms with van der Waals surface area (Å²) in [5.41, 5.74) is 0. The Morgan fingerprint density at radius 3 is 2.82 bits per heavy atom. The third kappa shape index (κ3) is 2.75. The van der Waals surface area contributed by atoms with Gasteiger partial charge in [0.25, 0.3) is 0 Å². The van der Waals surface area contributed by atoms with Gasteiger partial charge in [-0.3, -0.25) is 19.1 Å². The number of carbonyl (C=O) groups is 3. The van der Waals surface area contributed by atoms with Gasteiger partial charge >= 0.3 is 0 Å². The summed E-state index contributed by atoms with van der Waals surface area (Å²) in [7, 11) is 3.36. The second kappa shape index (κ2) is 5.55. The maximum absolute atomic E-state index is 12.3. The van der Waals surface area contributed by atoms with E-state index in [4.69, 9.17) is 0 Å². The molecule has 2 aliphatic rings. The zero-order valence-corrected chi connectivity index (χ0v) is 12.8. The first-order chi connectivity index (χ1) is 10.4. The molecule has 0 aliphatic heterocycles. The van der Waals surface area contributed by atoms with Crippen LogP contribution >= 0.6 is 0 Å². The Balaban J connectivity index is 1.60. The Hall–Kier alpha value is -2.18. The summed E-state index contributed by atoms with van der Waals surface area (Å²) in [4.78, 5) is 37.2. The van der Waals surface area contributed by atoms with E-state index in [9.17, 15) is 14.4 Å². The van der Waals surface area contributed by atoms with Crippen LogP contribution in [-0.4, -0.2) is 46.4 Å². The Morgan fingerprint density at radius 2 is 2.18 bits per heavy atom. The van der Waals surface area contributed by atoms with E-state index >= 15 is 0 Å². The van der Waals surface area contributed by atoms with E-state index < -0.39 is 0 Å². The number of anilines is 1. The molecule has 7 heteroatoms. The predicted molar refractivity (Wildman–Crippen MR) is 78.9 cm³/mol. The summed E-state index contributed by atoms with van der Waals surface area (Å²) in [5.74, 6) is 0.487. The van der Waals surface area contributed by atoms with Crippen LogP contribution < -0.4 is 5.32 Å². The monoisotopic (exact) mass is 304 g/mol. The van der Waals surface area contributed by atoms with Crippen LogP contribution in [0.4, 0.5) is 5.82 Å². The Bertz CT molecular complexity index is 622. The second-order valence-corrected chi connectivity index (χ2v) is 6.40. The van der Waals surface area contributed by atoms with Gasteiger partial charge in [-0.05, 0) is 18.8 Å². The molecule has 2 bridgehead atoms. The Morgan fingerprint density at radius 1 is 1.41 bits per heavy atom. The number of hydrogen-bond donors (Lipinski definition) is 1. The molecule has 7 nitrogen and oxygen atoms in total. The van der Waals surface area contributed by atoms with E-state index in [1.165, 1.54) is 9.58 Å². The minimum Gasteiger partial charge on any atom is -0.347 e. The van der Waals surface area contributed by atoms with Gasteiger partial charge in [0.1, 0.15) is 12.3 Å². The molecule has 22 heavy (non-hydrogen) atoms. The van der Waals surface area contributed by atoms with Crippen molar-refractivity contribution in [3.05, 3.63) is 12.3 Å². The molecule has 2 aliphatic carbocycles. The second-order valence-electron chi connectivity index (χ2n) is 6.40. The quantitative estimate of drug-likeness (QED) is 0.879. The first-order valence-corrected chi connectivity index (χ1v) is 7.51. The van der Waals surface area contributed by atoms with E-state index in [-0.39, 0.29) is 36.0 Å². The molecule has 3 rings (SSSR count). The number of carbonyl (C=O) groups excluding carboxylic acids is 3. The van der Waals surface area contributed by atoms with Crippen molar-refractivity contribution >= 4 is 23.4 Å². The molecule has 2 fully saturated rings. The summed E-state index contributed by atoms with van der Waals surface area (Å²) in [6, 6.07) is 1.66. The van der Waals surface area contributed by atoms with Crippen molar-refractivity contribution in [2.45, 2.75) is 25.8 Å². The molecule has 1 N–H and O–H groups in total. The van der Waals surface area contributed by atoms with Crippen molar-refractivity contribution < 1.29 is 14.4 Å². The highest BCUT2D eigenvalue weighted by Crippen LogP contribution is 2.46. The Labute approximate surface area is 128 Å². The lowest BCUT2D eigenvalue weighted by molar-refractivity contribution is -0.130. The van der Waals surface area contributed by atoms with Gasteiger partial charge in [-0.25, -0.2) is 0 Å². The van der Waals surface area contributed by atoms with E-state index in [1.807, 2.05) is 0 Å². The van der Waals surface area contributed by atoms with Crippen molar-refractivity contribution in [2.75, 3.05) is 19.4 Å². The number of ketones is 1. The van der Waals surface area contributed by atoms with Gasteiger partial charge < -0.3 is 10.2 Å². The van der Waals surface area contributed by atoms with Crippen molar-refractivity contribution in [2.24, 2.45) is 17.8 Å². The highest BCUT2D eigenvalue weighted by atomic mass is 16.2. The molecule has 1 aromatic heterocycles. The van der Waals surface area contributed by atoms with Gasteiger partial charge in [-0.15, -0.1) is 0 Å². The predicted octanol–water partition coefficient (Wildman–Crippen LogP) is 0.525. The van der Waals surface area contributed by atoms with Crippen LogP contribution in [0.5, 0.6) is 0 Å². The lowest BCUT2D eigenvalue weighted by atomic mass is 9.87. The molecule has 2 saturated carbocycles. The third-order valence-electron chi connectivity index (χ3n) is 4.59. The molecule has 2 amide bonds. The summed E-state index contributed by atoms with van der Waals surface area (Å²) in [5, 5.41) is 6.94. The molecular weight excluding hydrogens is 284 g/mol. The average Bonchev–Trinajstić information content (AvgIpc) is 3.13. The van der Waals surface area contributed by atoms with Gasteiger partial charge in [-0.1, -0.05) is 0 Å². The lowest BCUT2D eigenvalue weighted by Crippen LogP contribution is -2.31. The van der Waals surface area contributed by atoms with Gasteiger partial charge in [0.15, 0.2) is 5.82 Å². The molecule has 1 aromatic rings. The van der Waals surface area contributed by atoms with Crippen molar-refractivity contribution in [1.29, 1.82) is 0 Å². The summed E-state index contributed by atoms with van der Waals surface area (Å²) < 4.78 is 1.49. The minimum atomic E-state index is -0.222. The summed E-state index contributed by atoms with van der Waals surface area (Å²) in [6.45, 7) is 0.134. The highest BCUT2D eigenvalue weighted by molar-refractivity contribution is 5.97. The van der Waals surface area contributed by atoms with E-state index in [0.29, 0.717) is 18.2 Å². The molecule has 0 spiro atoms. The average molecular weight is 304 g/mol. The fourth-order valence-corrected chi connectivity index (χ4v) is 3.41. The van der Waals surface area contributed by atoms with Gasteiger partial charge in [0, 0.05) is 44.6 Å². The minimum absolute atomic E-state index is 0.0697. The van der Waals surface area contributed by atoms with Crippen molar-refractivity contribution in [3.63, 3.8) is 0 Å². The zero-order valence-electron chi connectivity index (χ0n) is 12.8. The normalized spacial score (nSPS) is 26.3. The molecule has 3 atom stereocenters. The number of amides is 2. The van der Waals surface area contributed by atoms with Gasteiger partial charge in [0.05, 0.1) is 0 Å². The number of aromatic nitrogens is 2. The van der Waals surface area contributed by atoms with Crippen LogP contribution in [0.2, 0.25) is 0 Å². The fraction of sp³-hybridized carbons (Fsp3) is 0.600. The van der Waals surface area contributed by atoms with E-state index in [1.54, 1.807) is 26.4 Å². The SMILES string of the molecule is CN(C)C(=O)Cn1ccc(NC(=O)[C@@H]2C[C@@H]3CC(=O)[C@H]2C3)n1. The molecule has 0 aromatic carbocycles. The van der Waals surface area contributed by atoms with Crippen LogP contribution in [0, 0.1) is 17.8 Å². The molecule has 0 saturated heterocycles. The van der Waals surface area contributed by atoms with Crippen LogP contribution in [0.25, 0.3) is 0 Å². The lowest BCUT2D eigenvalue weighted by Gasteiger charge is -2.19. The topological polar surface area (TPSA) is 84.3 Å². The number of Topliss-reactive ketones (excluding diaryl/α,β-unsaturated/α-hetero) is 1. The van der Waals surface area contributed by atoms with Crippen LogP contribution in [0.3, 0.4) is 0 Å². The largest absolute Gasteiger partial charge is 0.347 e. The standard InChI is InChI=1S/C15H20N4O3/c1-18(2)14(21)8-19-4-3-13(17-19)16-15(22)11-6-9-5-10(11)12(20)7-9/h3-4,9-11H,5-8H2,1-2H3,(H,16,17,22)/t9-,10+,11-/m1/s1. The van der Waals surface area contributed by atoms with Crippen molar-refractivity contribution in [3.8, 4) is 0 Å². The van der Waals surface area contributed by atoms with Crippen LogP contribution in [0.15, 0.2) is 12.3 Å². The zero-order chi connectivity index (χ0) is 15.9. The number of rotatable bonds is 4. The van der Waals surface area contributed by atoms with Crippen LogP contribution in [0.1, 0.15) is 19.3 Å². The fourth-order valence-electron chi connectivity index (χ4n) is 3.41. The maximum atomic E-state index is 12.3. The van der Waals surface area contributed by atoms with Crippen molar-refractivity contribution in [1.82, 2.24) is 14.7 Å².